The molecule has 0 amide bonds. The number of nitrogens with two attached hydrogens (primary N) is 1. The lowest BCUT2D eigenvalue weighted by atomic mass is 9.97. The maximum Gasteiger partial charge on any atom is 0.150 e. The van der Waals surface area contributed by atoms with E-state index in [4.69, 9.17) is 15.5 Å². The Kier molecular flexibility index (Phi) is 5.23. The molecule has 5 rings (SSSR count). The van der Waals surface area contributed by atoms with Crippen LogP contribution >= 0.6 is 0 Å². The molecule has 1 atom stereocenters. The Hall–Kier alpha value is -3.86. The zero-order valence-electron chi connectivity index (χ0n) is 17.2. The molecule has 0 fully saturated rings. The summed E-state index contributed by atoms with van der Waals surface area (Å²) in [4.78, 5) is 9.32. The molecular weight excluding hydrogens is 384 g/mol. The number of aromatic nitrogens is 3. The van der Waals surface area contributed by atoms with Crippen LogP contribution in [0.3, 0.4) is 0 Å². The van der Waals surface area contributed by atoms with Gasteiger partial charge in [0.15, 0.2) is 0 Å². The number of ether oxygens (including phenoxy) is 1. The molecule has 2 aromatic carbocycles. The van der Waals surface area contributed by atoms with Crippen LogP contribution in [0, 0.1) is 5.92 Å². The fourth-order valence-electron chi connectivity index (χ4n) is 3.96. The van der Waals surface area contributed by atoms with Gasteiger partial charge in [0, 0.05) is 24.4 Å². The lowest BCUT2D eigenvalue weighted by Crippen LogP contribution is -2.06. The van der Waals surface area contributed by atoms with E-state index < -0.39 is 0 Å². The van der Waals surface area contributed by atoms with Gasteiger partial charge in [-0.25, -0.2) is 9.97 Å². The van der Waals surface area contributed by atoms with Gasteiger partial charge in [-0.1, -0.05) is 66.8 Å². The topological polar surface area (TPSA) is 65.4 Å². The van der Waals surface area contributed by atoms with E-state index in [1.807, 2.05) is 48.7 Å². The molecular formula is C26H24N4O. The van der Waals surface area contributed by atoms with E-state index in [1.165, 1.54) is 0 Å². The third kappa shape index (κ3) is 4.08. The van der Waals surface area contributed by atoms with Gasteiger partial charge < -0.3 is 10.5 Å². The number of imidazole rings is 1. The van der Waals surface area contributed by atoms with Crippen molar-refractivity contribution in [1.82, 2.24) is 14.4 Å². The minimum absolute atomic E-state index is 0.429. The van der Waals surface area contributed by atoms with E-state index in [0.29, 0.717) is 18.3 Å². The third-order valence-corrected chi connectivity index (χ3v) is 5.53. The molecule has 0 saturated heterocycles. The molecule has 0 spiro atoms. The summed E-state index contributed by atoms with van der Waals surface area (Å²) in [6.45, 7) is 0.519. The minimum Gasteiger partial charge on any atom is -0.489 e. The van der Waals surface area contributed by atoms with Crippen LogP contribution in [-0.4, -0.2) is 14.4 Å². The molecule has 31 heavy (non-hydrogen) atoms. The van der Waals surface area contributed by atoms with Gasteiger partial charge >= 0.3 is 0 Å². The molecule has 154 valence electrons. The lowest BCUT2D eigenvalue weighted by molar-refractivity contribution is 0.306. The summed E-state index contributed by atoms with van der Waals surface area (Å²) in [6.07, 6.45) is 14.2. The predicted octanol–water partition coefficient (Wildman–Crippen LogP) is 5.23. The standard InChI is InChI=1S/C26H24N4O/c27-26-25-24(21-12-7-13-22(17-21)31-18-20-10-5-2-6-11-20)29-23(30(25)15-14-28-26)16-19-8-3-1-4-9-19/h1-8,10-15,17,19H,9,16,18H2,(H2,27,28). The van der Waals surface area contributed by atoms with Crippen LogP contribution in [-0.2, 0) is 13.0 Å². The monoisotopic (exact) mass is 408 g/mol. The number of nitrogen functional groups attached to an aromatic ring is 1. The molecule has 0 bridgehead atoms. The molecule has 5 nitrogen and oxygen atoms in total. The SMILES string of the molecule is Nc1nccn2c(CC3C=CC=CC3)nc(-c3cccc(OCc4ccccc4)c3)c12. The molecule has 2 N–H and O–H groups in total. The average Bonchev–Trinajstić information content (AvgIpc) is 3.19. The first-order valence-corrected chi connectivity index (χ1v) is 10.5. The number of hydrogen-bond acceptors (Lipinski definition) is 4. The Morgan fingerprint density at radius 1 is 1.06 bits per heavy atom. The van der Waals surface area contributed by atoms with Crippen molar-refractivity contribution in [2.75, 3.05) is 5.73 Å². The fourth-order valence-corrected chi connectivity index (χ4v) is 3.96. The quantitative estimate of drug-likeness (QED) is 0.474. The number of hydrogen-bond donors (Lipinski definition) is 1. The molecule has 0 saturated carbocycles. The zero-order chi connectivity index (χ0) is 21.0. The molecule has 5 heteroatoms. The predicted molar refractivity (Wildman–Crippen MR) is 124 cm³/mol. The summed E-state index contributed by atoms with van der Waals surface area (Å²) in [6, 6.07) is 18.2. The van der Waals surface area contributed by atoms with Crippen molar-refractivity contribution in [2.45, 2.75) is 19.4 Å². The minimum atomic E-state index is 0.429. The normalized spacial score (nSPS) is 15.4. The largest absolute Gasteiger partial charge is 0.489 e. The highest BCUT2D eigenvalue weighted by Crippen LogP contribution is 2.31. The van der Waals surface area contributed by atoms with Gasteiger partial charge in [0.25, 0.3) is 0 Å². The first-order valence-electron chi connectivity index (χ1n) is 10.5. The van der Waals surface area contributed by atoms with E-state index in [9.17, 15) is 0 Å². The summed E-state index contributed by atoms with van der Waals surface area (Å²) in [5, 5.41) is 0. The summed E-state index contributed by atoms with van der Waals surface area (Å²) in [5.74, 6) is 2.69. The molecule has 2 aromatic heterocycles. The van der Waals surface area contributed by atoms with Crippen molar-refractivity contribution in [3.05, 3.63) is 103 Å². The molecule has 1 aliphatic rings. The van der Waals surface area contributed by atoms with Crippen LogP contribution in [0.1, 0.15) is 17.8 Å². The van der Waals surface area contributed by atoms with Gasteiger partial charge in [0.2, 0.25) is 0 Å². The van der Waals surface area contributed by atoms with Gasteiger partial charge in [0.05, 0.1) is 0 Å². The molecule has 4 aromatic rings. The van der Waals surface area contributed by atoms with Crippen LogP contribution in [0.5, 0.6) is 5.75 Å². The maximum atomic E-state index is 6.29. The van der Waals surface area contributed by atoms with E-state index in [-0.39, 0.29) is 0 Å². The lowest BCUT2D eigenvalue weighted by Gasteiger charge is -2.11. The molecule has 2 heterocycles. The van der Waals surface area contributed by atoms with Crippen LogP contribution < -0.4 is 10.5 Å². The highest BCUT2D eigenvalue weighted by Gasteiger charge is 2.18. The summed E-state index contributed by atoms with van der Waals surface area (Å²) in [5.41, 5.74) is 10.1. The Morgan fingerprint density at radius 2 is 1.97 bits per heavy atom. The second-order valence-electron chi connectivity index (χ2n) is 7.72. The number of allylic oxidation sites excluding steroid dienone is 4. The van der Waals surface area contributed by atoms with Crippen molar-refractivity contribution in [3.63, 3.8) is 0 Å². The number of nitrogens with zero attached hydrogens (tertiary/aromatic N) is 3. The van der Waals surface area contributed by atoms with Crippen LogP contribution in [0.4, 0.5) is 5.82 Å². The van der Waals surface area contributed by atoms with Gasteiger partial charge in [-0.15, -0.1) is 0 Å². The third-order valence-electron chi connectivity index (χ3n) is 5.53. The molecule has 1 unspecified atom stereocenters. The number of benzene rings is 2. The number of fused-ring (bicyclic) bond motifs is 1. The van der Waals surface area contributed by atoms with Crippen molar-refractivity contribution in [3.8, 4) is 17.0 Å². The first kappa shape index (κ1) is 19.1. The van der Waals surface area contributed by atoms with Gasteiger partial charge in [-0.2, -0.15) is 0 Å². The number of anilines is 1. The van der Waals surface area contributed by atoms with E-state index in [2.05, 4.69) is 45.8 Å². The average molecular weight is 409 g/mol. The summed E-state index contributed by atoms with van der Waals surface area (Å²) < 4.78 is 8.10. The second kappa shape index (κ2) is 8.48. The molecule has 1 aliphatic carbocycles. The van der Waals surface area contributed by atoms with Crippen molar-refractivity contribution >= 4 is 11.3 Å². The van der Waals surface area contributed by atoms with Crippen LogP contribution in [0.25, 0.3) is 16.8 Å². The second-order valence-corrected chi connectivity index (χ2v) is 7.72. The van der Waals surface area contributed by atoms with Gasteiger partial charge in [0.1, 0.15) is 35.2 Å². The maximum absolute atomic E-state index is 6.29. The van der Waals surface area contributed by atoms with E-state index >= 15 is 0 Å². The van der Waals surface area contributed by atoms with Crippen molar-refractivity contribution < 1.29 is 4.74 Å². The van der Waals surface area contributed by atoms with Crippen molar-refractivity contribution in [2.24, 2.45) is 5.92 Å². The summed E-state index contributed by atoms with van der Waals surface area (Å²) >= 11 is 0. The van der Waals surface area contributed by atoms with Gasteiger partial charge in [-0.05, 0) is 30.0 Å². The van der Waals surface area contributed by atoms with Crippen LogP contribution in [0.15, 0.2) is 91.3 Å². The Labute approximate surface area is 181 Å². The van der Waals surface area contributed by atoms with Gasteiger partial charge in [-0.3, -0.25) is 4.40 Å². The highest BCUT2D eigenvalue weighted by molar-refractivity contribution is 5.85. The fraction of sp³-hybridized carbons (Fsp3) is 0.154. The molecule has 0 radical (unpaired) electrons. The molecule has 0 aliphatic heterocycles. The highest BCUT2D eigenvalue weighted by atomic mass is 16.5. The van der Waals surface area contributed by atoms with Crippen molar-refractivity contribution in [1.29, 1.82) is 0 Å². The smallest absolute Gasteiger partial charge is 0.150 e. The Bertz CT molecular complexity index is 1260. The van der Waals surface area contributed by atoms with Crippen LogP contribution in [0.2, 0.25) is 0 Å². The Balaban J connectivity index is 1.48. The van der Waals surface area contributed by atoms with E-state index in [0.717, 1.165) is 46.8 Å². The summed E-state index contributed by atoms with van der Waals surface area (Å²) in [7, 11) is 0. The first-order chi connectivity index (χ1) is 15.3. The Morgan fingerprint density at radius 3 is 2.81 bits per heavy atom. The van der Waals surface area contributed by atoms with E-state index in [1.54, 1.807) is 6.20 Å². The zero-order valence-corrected chi connectivity index (χ0v) is 17.2. The number of rotatable bonds is 6.